The van der Waals surface area contributed by atoms with E-state index < -0.39 is 17.9 Å². The highest BCUT2D eigenvalue weighted by molar-refractivity contribution is 7.09. The number of anilines is 1. The van der Waals surface area contributed by atoms with E-state index in [9.17, 15) is 14.4 Å². The Morgan fingerprint density at radius 2 is 1.55 bits per heavy atom. The Balaban J connectivity index is 1.77. The highest BCUT2D eigenvalue weighted by Gasteiger charge is 2.35. The first-order valence-electron chi connectivity index (χ1n) is 11.7. The lowest BCUT2D eigenvalue weighted by atomic mass is 10.0. The third-order valence-electron chi connectivity index (χ3n) is 5.91. The molecule has 3 amide bonds. The number of amides is 3. The Morgan fingerprint density at radius 3 is 2.11 bits per heavy atom. The smallest absolute Gasteiger partial charge is 0.270 e. The predicted molar refractivity (Wildman–Crippen MR) is 145 cm³/mol. The number of primary amides is 1. The second kappa shape index (κ2) is 12.0. The number of nitrogen functional groups attached to an aromatic ring is 1. The molecule has 1 aromatic heterocycles. The van der Waals surface area contributed by atoms with Crippen LogP contribution in [0, 0.1) is 0 Å². The first-order chi connectivity index (χ1) is 18.4. The Hall–Kier alpha value is -4.70. The molecule has 0 aliphatic heterocycles. The molecular formula is C28H27N5O4S. The van der Waals surface area contributed by atoms with Crippen molar-refractivity contribution in [2.45, 2.75) is 19.1 Å². The molecule has 0 aliphatic rings. The van der Waals surface area contributed by atoms with Gasteiger partial charge in [-0.05, 0) is 40.4 Å². The maximum Gasteiger partial charge on any atom is 0.270 e. The quantitative estimate of drug-likeness (QED) is 0.287. The first kappa shape index (κ1) is 26.4. The van der Waals surface area contributed by atoms with Crippen molar-refractivity contribution in [1.29, 1.82) is 0 Å². The average molecular weight is 530 g/mol. The Kier molecular flexibility index (Phi) is 8.34. The summed E-state index contributed by atoms with van der Waals surface area (Å²) in [6.45, 7) is 0.368. The van der Waals surface area contributed by atoms with Gasteiger partial charge in [-0.25, -0.2) is 0 Å². The van der Waals surface area contributed by atoms with E-state index in [4.69, 9.17) is 16.2 Å². The number of carbonyl (C=O) groups is 3. The van der Waals surface area contributed by atoms with Crippen LogP contribution in [0.25, 0.3) is 0 Å². The van der Waals surface area contributed by atoms with Crippen LogP contribution in [0.1, 0.15) is 42.9 Å². The van der Waals surface area contributed by atoms with Crippen LogP contribution in [0.3, 0.4) is 0 Å². The van der Waals surface area contributed by atoms with Crippen LogP contribution >= 0.6 is 11.5 Å². The molecule has 194 valence electrons. The van der Waals surface area contributed by atoms with E-state index in [1.807, 2.05) is 60.7 Å². The zero-order valence-corrected chi connectivity index (χ0v) is 21.5. The molecule has 4 rings (SSSR count). The van der Waals surface area contributed by atoms with Crippen molar-refractivity contribution >= 4 is 34.9 Å². The van der Waals surface area contributed by atoms with Gasteiger partial charge < -0.3 is 26.4 Å². The summed E-state index contributed by atoms with van der Waals surface area (Å²) in [5, 5.41) is 2.96. The third-order valence-corrected chi connectivity index (χ3v) is 6.76. The number of methoxy groups -OCH3 is 1. The first-order valence-corrected chi connectivity index (χ1v) is 12.5. The Labute approximate surface area is 224 Å². The molecule has 38 heavy (non-hydrogen) atoms. The molecule has 3 aromatic carbocycles. The van der Waals surface area contributed by atoms with Crippen molar-refractivity contribution in [3.05, 3.63) is 112 Å². The SMILES string of the molecule is COc1ccc([C@@H](C(=O)NCc2ccccc2)N(Cc2ccccc2)C(=O)c2snc(C(N)=O)c2N)cc1. The van der Waals surface area contributed by atoms with Gasteiger partial charge in [-0.2, -0.15) is 4.37 Å². The van der Waals surface area contributed by atoms with Crippen LogP contribution in [-0.2, 0) is 17.9 Å². The van der Waals surface area contributed by atoms with Gasteiger partial charge in [-0.15, -0.1) is 0 Å². The van der Waals surface area contributed by atoms with Gasteiger partial charge in [-0.3, -0.25) is 14.4 Å². The van der Waals surface area contributed by atoms with Crippen LogP contribution in [0.4, 0.5) is 5.69 Å². The fraction of sp³-hybridized carbons (Fsp3) is 0.143. The van der Waals surface area contributed by atoms with Crippen molar-refractivity contribution < 1.29 is 19.1 Å². The third kappa shape index (κ3) is 5.98. The monoisotopic (exact) mass is 529 g/mol. The van der Waals surface area contributed by atoms with E-state index in [1.54, 1.807) is 31.4 Å². The van der Waals surface area contributed by atoms with Crippen LogP contribution in [0.15, 0.2) is 84.9 Å². The van der Waals surface area contributed by atoms with Crippen molar-refractivity contribution in [1.82, 2.24) is 14.6 Å². The fourth-order valence-electron chi connectivity index (χ4n) is 3.96. The summed E-state index contributed by atoms with van der Waals surface area (Å²) in [6, 6.07) is 24.6. The molecule has 0 radical (unpaired) electrons. The second-order valence-corrected chi connectivity index (χ2v) is 9.21. The molecular weight excluding hydrogens is 502 g/mol. The van der Waals surface area contributed by atoms with Gasteiger partial charge in [0.25, 0.3) is 11.8 Å². The molecule has 4 aromatic rings. The molecule has 5 N–H and O–H groups in total. The minimum atomic E-state index is -1.03. The van der Waals surface area contributed by atoms with Gasteiger partial charge in [-0.1, -0.05) is 72.8 Å². The number of carbonyl (C=O) groups excluding carboxylic acids is 3. The Bertz CT molecular complexity index is 1410. The highest BCUT2D eigenvalue weighted by Crippen LogP contribution is 2.31. The van der Waals surface area contributed by atoms with Gasteiger partial charge in [0.05, 0.1) is 12.8 Å². The predicted octanol–water partition coefficient (Wildman–Crippen LogP) is 3.53. The van der Waals surface area contributed by atoms with Crippen molar-refractivity contribution in [3.63, 3.8) is 0 Å². The van der Waals surface area contributed by atoms with Gasteiger partial charge >= 0.3 is 0 Å². The minimum absolute atomic E-state index is 0.0316. The number of hydrogen-bond donors (Lipinski definition) is 3. The van der Waals surface area contributed by atoms with Crippen LogP contribution < -0.4 is 21.5 Å². The number of rotatable bonds is 10. The number of nitrogens with two attached hydrogens (primary N) is 2. The number of ether oxygens (including phenoxy) is 1. The number of nitrogens with one attached hydrogen (secondary N) is 1. The Morgan fingerprint density at radius 1 is 0.947 bits per heavy atom. The molecule has 0 saturated carbocycles. The van der Waals surface area contributed by atoms with E-state index in [1.165, 1.54) is 4.90 Å². The van der Waals surface area contributed by atoms with E-state index in [-0.39, 0.29) is 35.3 Å². The van der Waals surface area contributed by atoms with E-state index in [2.05, 4.69) is 9.69 Å². The number of aromatic nitrogens is 1. The molecule has 10 heteroatoms. The minimum Gasteiger partial charge on any atom is -0.497 e. The van der Waals surface area contributed by atoms with Crippen LogP contribution in [0.2, 0.25) is 0 Å². The zero-order chi connectivity index (χ0) is 27.1. The van der Waals surface area contributed by atoms with Crippen molar-refractivity contribution in [2.24, 2.45) is 5.73 Å². The van der Waals surface area contributed by atoms with Crippen LogP contribution in [-0.4, -0.2) is 34.1 Å². The number of hydrogen-bond acceptors (Lipinski definition) is 7. The molecule has 0 saturated heterocycles. The van der Waals surface area contributed by atoms with Gasteiger partial charge in [0.2, 0.25) is 5.91 Å². The van der Waals surface area contributed by atoms with E-state index >= 15 is 0 Å². The summed E-state index contributed by atoms with van der Waals surface area (Å²) < 4.78 is 9.26. The topological polar surface area (TPSA) is 141 Å². The number of nitrogens with zero attached hydrogens (tertiary/aromatic N) is 2. The average Bonchev–Trinajstić information content (AvgIpc) is 3.34. The molecule has 0 spiro atoms. The molecule has 0 bridgehead atoms. The molecule has 1 atom stereocenters. The second-order valence-electron chi connectivity index (χ2n) is 8.44. The molecule has 1 heterocycles. The van der Waals surface area contributed by atoms with Crippen molar-refractivity contribution in [3.8, 4) is 5.75 Å². The molecule has 9 nitrogen and oxygen atoms in total. The highest BCUT2D eigenvalue weighted by atomic mass is 32.1. The van der Waals surface area contributed by atoms with Gasteiger partial charge in [0.15, 0.2) is 5.69 Å². The summed E-state index contributed by atoms with van der Waals surface area (Å²) in [6.07, 6.45) is 0. The van der Waals surface area contributed by atoms with E-state index in [0.29, 0.717) is 11.3 Å². The summed E-state index contributed by atoms with van der Waals surface area (Å²) in [5.41, 5.74) is 13.5. The lowest BCUT2D eigenvalue weighted by molar-refractivity contribution is -0.126. The zero-order valence-electron chi connectivity index (χ0n) is 20.7. The van der Waals surface area contributed by atoms with Crippen LogP contribution in [0.5, 0.6) is 5.75 Å². The molecule has 0 aliphatic carbocycles. The maximum atomic E-state index is 14.0. The summed E-state index contributed by atoms with van der Waals surface area (Å²) in [7, 11) is 1.55. The molecule has 0 unspecified atom stereocenters. The maximum absolute atomic E-state index is 14.0. The largest absolute Gasteiger partial charge is 0.497 e. The van der Waals surface area contributed by atoms with Crippen molar-refractivity contribution in [2.75, 3.05) is 12.8 Å². The lowest BCUT2D eigenvalue weighted by Gasteiger charge is -2.31. The van der Waals surface area contributed by atoms with Gasteiger partial charge in [0, 0.05) is 13.1 Å². The fourth-order valence-corrected chi connectivity index (χ4v) is 4.72. The van der Waals surface area contributed by atoms with E-state index in [0.717, 1.165) is 22.7 Å². The number of benzene rings is 3. The summed E-state index contributed by atoms with van der Waals surface area (Å²) >= 11 is 0.773. The molecule has 0 fully saturated rings. The summed E-state index contributed by atoms with van der Waals surface area (Å²) in [4.78, 5) is 41.0. The lowest BCUT2D eigenvalue weighted by Crippen LogP contribution is -2.43. The van der Waals surface area contributed by atoms with Gasteiger partial charge in [0.1, 0.15) is 16.7 Å². The normalized spacial score (nSPS) is 11.4. The standard InChI is InChI=1S/C28H27N5O4S/c1-37-21-14-12-20(13-15-21)24(27(35)31-16-18-8-4-2-5-9-18)33(17-19-10-6-3-7-11-19)28(36)25-22(29)23(26(30)34)32-38-25/h2-15,24H,16-17,29H2,1H3,(H2,30,34)(H,31,35)/t24-/m0/s1. The summed E-state index contributed by atoms with van der Waals surface area (Å²) in [5.74, 6) is -1.16.